The van der Waals surface area contributed by atoms with Crippen molar-refractivity contribution in [2.75, 3.05) is 0 Å². The molecule has 0 radical (unpaired) electrons. The van der Waals surface area contributed by atoms with Crippen LogP contribution in [0.1, 0.15) is 35.4 Å². The number of hydrogen-bond donors (Lipinski definition) is 2. The van der Waals surface area contributed by atoms with E-state index in [1.165, 1.54) is 23.5 Å². The molecule has 2 unspecified atom stereocenters. The number of halogens is 2. The predicted molar refractivity (Wildman–Crippen MR) is 82.5 cm³/mol. The number of amides is 1. The quantitative estimate of drug-likeness (QED) is 0.883. The Kier molecular flexibility index (Phi) is 4.15. The fourth-order valence-corrected chi connectivity index (χ4v) is 4.14. The third kappa shape index (κ3) is 2.91. The van der Waals surface area contributed by atoms with E-state index in [-0.39, 0.29) is 17.8 Å². The van der Waals surface area contributed by atoms with Gasteiger partial charge in [0.25, 0.3) is 5.91 Å². The van der Waals surface area contributed by atoms with Gasteiger partial charge in [-0.1, -0.05) is 24.4 Å². The second kappa shape index (κ2) is 5.91. The van der Waals surface area contributed by atoms with E-state index in [2.05, 4.69) is 5.32 Å². The van der Waals surface area contributed by atoms with Gasteiger partial charge >= 0.3 is 0 Å². The number of rotatable bonds is 2. The van der Waals surface area contributed by atoms with Crippen LogP contribution in [0.4, 0.5) is 4.39 Å². The van der Waals surface area contributed by atoms with E-state index in [0.717, 1.165) is 19.3 Å². The smallest absolute Gasteiger partial charge is 0.263 e. The Morgan fingerprint density at radius 1 is 1.38 bits per heavy atom. The highest BCUT2D eigenvalue weighted by Crippen LogP contribution is 2.35. The van der Waals surface area contributed by atoms with Crippen LogP contribution in [0.3, 0.4) is 0 Å². The molecule has 1 heterocycles. The molecule has 0 bridgehead atoms. The minimum Gasteiger partial charge on any atom is -0.391 e. The molecule has 0 spiro atoms. The molecule has 2 atom stereocenters. The molecule has 3 rings (SSSR count). The number of benzene rings is 1. The van der Waals surface area contributed by atoms with E-state index in [4.69, 9.17) is 11.6 Å². The number of aliphatic hydroxyl groups is 1. The maximum absolute atomic E-state index is 13.2. The SMILES string of the molecule is O=C(NC1CCCCC1O)c1sc2cc(F)ccc2c1Cl. The van der Waals surface area contributed by atoms with E-state index < -0.39 is 6.10 Å². The second-order valence-electron chi connectivity index (χ2n) is 5.32. The topological polar surface area (TPSA) is 49.3 Å². The molecule has 1 saturated carbocycles. The van der Waals surface area contributed by atoms with Crippen molar-refractivity contribution in [1.82, 2.24) is 5.32 Å². The lowest BCUT2D eigenvalue weighted by Gasteiger charge is -2.28. The maximum Gasteiger partial charge on any atom is 0.263 e. The van der Waals surface area contributed by atoms with Crippen LogP contribution in [0.25, 0.3) is 10.1 Å². The molecule has 2 aromatic rings. The lowest BCUT2D eigenvalue weighted by atomic mass is 9.92. The number of thiophene rings is 1. The number of carbonyl (C=O) groups excluding carboxylic acids is 1. The van der Waals surface area contributed by atoms with E-state index in [0.29, 0.717) is 26.4 Å². The van der Waals surface area contributed by atoms with Crippen molar-refractivity contribution in [1.29, 1.82) is 0 Å². The minimum absolute atomic E-state index is 0.232. The lowest BCUT2D eigenvalue weighted by Crippen LogP contribution is -2.44. The number of fused-ring (bicyclic) bond motifs is 1. The molecule has 1 fully saturated rings. The summed E-state index contributed by atoms with van der Waals surface area (Å²) in [5, 5.41) is 13.8. The van der Waals surface area contributed by atoms with Crippen molar-refractivity contribution in [2.45, 2.75) is 37.8 Å². The van der Waals surface area contributed by atoms with Gasteiger partial charge in [0.1, 0.15) is 10.7 Å². The average molecular weight is 328 g/mol. The molecule has 21 heavy (non-hydrogen) atoms. The molecule has 1 aromatic carbocycles. The Hall–Kier alpha value is -1.17. The fraction of sp³-hybridized carbons (Fsp3) is 0.400. The van der Waals surface area contributed by atoms with Crippen LogP contribution in [-0.2, 0) is 0 Å². The summed E-state index contributed by atoms with van der Waals surface area (Å²) < 4.78 is 13.9. The summed E-state index contributed by atoms with van der Waals surface area (Å²) in [6.45, 7) is 0. The molecule has 0 saturated heterocycles. The molecular weight excluding hydrogens is 313 g/mol. The normalized spacial score (nSPS) is 22.4. The summed E-state index contributed by atoms with van der Waals surface area (Å²) in [4.78, 5) is 12.7. The molecule has 0 aliphatic heterocycles. The Morgan fingerprint density at radius 2 is 2.14 bits per heavy atom. The Morgan fingerprint density at radius 3 is 2.90 bits per heavy atom. The van der Waals surface area contributed by atoms with Crippen molar-refractivity contribution >= 4 is 38.9 Å². The van der Waals surface area contributed by atoms with E-state index in [1.54, 1.807) is 6.07 Å². The molecule has 1 aromatic heterocycles. The molecule has 112 valence electrons. The van der Waals surface area contributed by atoms with Crippen LogP contribution in [0, 0.1) is 5.82 Å². The van der Waals surface area contributed by atoms with Crippen molar-refractivity contribution in [2.24, 2.45) is 0 Å². The van der Waals surface area contributed by atoms with E-state index in [9.17, 15) is 14.3 Å². The second-order valence-corrected chi connectivity index (χ2v) is 6.75. The monoisotopic (exact) mass is 327 g/mol. The first-order valence-electron chi connectivity index (χ1n) is 6.93. The molecule has 1 aliphatic rings. The molecule has 1 amide bonds. The van der Waals surface area contributed by atoms with Crippen LogP contribution >= 0.6 is 22.9 Å². The first kappa shape index (κ1) is 14.8. The van der Waals surface area contributed by atoms with Gasteiger partial charge in [-0.05, 0) is 31.0 Å². The van der Waals surface area contributed by atoms with Gasteiger partial charge in [0.2, 0.25) is 0 Å². The van der Waals surface area contributed by atoms with Gasteiger partial charge < -0.3 is 10.4 Å². The van der Waals surface area contributed by atoms with Crippen LogP contribution in [0.5, 0.6) is 0 Å². The number of carbonyl (C=O) groups is 1. The highest BCUT2D eigenvalue weighted by Gasteiger charge is 2.26. The van der Waals surface area contributed by atoms with Gasteiger partial charge in [-0.25, -0.2) is 4.39 Å². The van der Waals surface area contributed by atoms with Crippen molar-refractivity contribution < 1.29 is 14.3 Å². The van der Waals surface area contributed by atoms with Gasteiger partial charge in [0.15, 0.2) is 0 Å². The van der Waals surface area contributed by atoms with Crippen LogP contribution < -0.4 is 5.32 Å². The zero-order valence-corrected chi connectivity index (χ0v) is 12.8. The van der Waals surface area contributed by atoms with Crippen molar-refractivity contribution in [3.8, 4) is 0 Å². The molecule has 1 aliphatic carbocycles. The van der Waals surface area contributed by atoms with Crippen molar-refractivity contribution in [3.05, 3.63) is 33.9 Å². The van der Waals surface area contributed by atoms with Crippen molar-refractivity contribution in [3.63, 3.8) is 0 Å². The largest absolute Gasteiger partial charge is 0.391 e. The zero-order chi connectivity index (χ0) is 15.0. The maximum atomic E-state index is 13.2. The first-order valence-corrected chi connectivity index (χ1v) is 8.12. The fourth-order valence-electron chi connectivity index (χ4n) is 2.70. The summed E-state index contributed by atoms with van der Waals surface area (Å²) in [5.41, 5.74) is 0. The summed E-state index contributed by atoms with van der Waals surface area (Å²) >= 11 is 7.39. The summed E-state index contributed by atoms with van der Waals surface area (Å²) in [5.74, 6) is -0.650. The predicted octanol–water partition coefficient (Wildman–Crippen LogP) is 3.73. The highest BCUT2D eigenvalue weighted by molar-refractivity contribution is 7.21. The van der Waals surface area contributed by atoms with Gasteiger partial charge in [-0.2, -0.15) is 0 Å². The molecule has 3 nitrogen and oxygen atoms in total. The minimum atomic E-state index is -0.506. The Labute approximate surface area is 130 Å². The highest BCUT2D eigenvalue weighted by atomic mass is 35.5. The molecular formula is C15H15ClFNO2S. The van der Waals surface area contributed by atoms with Gasteiger partial charge in [-0.15, -0.1) is 11.3 Å². The average Bonchev–Trinajstić information content (AvgIpc) is 2.78. The van der Waals surface area contributed by atoms with Crippen LogP contribution in [0.15, 0.2) is 18.2 Å². The molecule has 2 N–H and O–H groups in total. The molecule has 6 heteroatoms. The summed E-state index contributed by atoms with van der Waals surface area (Å²) in [7, 11) is 0. The van der Waals surface area contributed by atoms with Gasteiger partial charge in [0.05, 0.1) is 17.2 Å². The Bertz CT molecular complexity index is 688. The zero-order valence-electron chi connectivity index (χ0n) is 11.2. The van der Waals surface area contributed by atoms with Crippen LogP contribution in [-0.4, -0.2) is 23.2 Å². The number of hydrogen-bond acceptors (Lipinski definition) is 3. The summed E-state index contributed by atoms with van der Waals surface area (Å²) in [6, 6.07) is 4.05. The summed E-state index contributed by atoms with van der Waals surface area (Å²) in [6.07, 6.45) is 2.94. The van der Waals surface area contributed by atoms with Crippen LogP contribution in [0.2, 0.25) is 5.02 Å². The third-order valence-electron chi connectivity index (χ3n) is 3.84. The van der Waals surface area contributed by atoms with Gasteiger partial charge in [0, 0.05) is 10.1 Å². The lowest BCUT2D eigenvalue weighted by molar-refractivity contribution is 0.0720. The van der Waals surface area contributed by atoms with E-state index in [1.807, 2.05) is 0 Å². The number of aliphatic hydroxyl groups excluding tert-OH is 1. The number of nitrogens with one attached hydrogen (secondary N) is 1. The Balaban J connectivity index is 1.85. The van der Waals surface area contributed by atoms with Gasteiger partial charge in [-0.3, -0.25) is 4.79 Å². The van der Waals surface area contributed by atoms with E-state index >= 15 is 0 Å². The standard InChI is InChI=1S/C15H15ClFNO2S/c16-13-9-6-5-8(17)7-12(9)21-14(13)15(20)18-10-3-1-2-4-11(10)19/h5-7,10-11,19H,1-4H2,(H,18,20). The first-order chi connectivity index (χ1) is 10.1. The third-order valence-corrected chi connectivity index (χ3v) is 5.50.